The van der Waals surface area contributed by atoms with E-state index in [0.717, 1.165) is 0 Å². The Morgan fingerprint density at radius 1 is 1.30 bits per heavy atom. The van der Waals surface area contributed by atoms with Gasteiger partial charge in [-0.3, -0.25) is 4.79 Å². The molecular formula is C16H25N3O4. The van der Waals surface area contributed by atoms with Gasteiger partial charge in [0.25, 0.3) is 0 Å². The number of benzene rings is 1. The summed E-state index contributed by atoms with van der Waals surface area (Å²) in [4.78, 5) is 25.2. The van der Waals surface area contributed by atoms with E-state index >= 15 is 0 Å². The van der Waals surface area contributed by atoms with Gasteiger partial charge in [0, 0.05) is 20.0 Å². The molecule has 0 bridgehead atoms. The predicted molar refractivity (Wildman–Crippen MR) is 89.5 cm³/mol. The average Bonchev–Trinajstić information content (AvgIpc) is 2.45. The number of carbonyl (C=O) groups excluding carboxylic acids is 2. The van der Waals surface area contributed by atoms with Crippen molar-refractivity contribution in [3.63, 3.8) is 0 Å². The largest absolute Gasteiger partial charge is 0.495 e. The number of carbonyl (C=O) groups is 2. The number of anilines is 2. The Hall–Kier alpha value is -2.44. The third-order valence-electron chi connectivity index (χ3n) is 2.94. The lowest BCUT2D eigenvalue weighted by molar-refractivity contribution is -0.116. The van der Waals surface area contributed by atoms with E-state index in [1.165, 1.54) is 12.0 Å². The molecule has 0 unspecified atom stereocenters. The van der Waals surface area contributed by atoms with E-state index in [4.69, 9.17) is 15.2 Å². The standard InChI is InChI=1S/C16H25N3O4/c1-16(2,3)23-15(21)19(4)10-9-13(20)18-11-7-6-8-12(22-5)14(11)17/h6-8H,9-10,17H2,1-5H3,(H,18,20). The summed E-state index contributed by atoms with van der Waals surface area (Å²) in [6.07, 6.45) is -0.335. The van der Waals surface area contributed by atoms with Gasteiger partial charge in [-0.2, -0.15) is 0 Å². The maximum Gasteiger partial charge on any atom is 0.410 e. The molecule has 0 saturated carbocycles. The van der Waals surface area contributed by atoms with Crippen LogP contribution in [0.1, 0.15) is 27.2 Å². The lowest BCUT2D eigenvalue weighted by atomic mass is 10.2. The molecule has 3 N–H and O–H groups in total. The second kappa shape index (κ2) is 7.71. The van der Waals surface area contributed by atoms with Crippen LogP contribution in [-0.4, -0.2) is 43.2 Å². The molecule has 0 aromatic heterocycles. The summed E-state index contributed by atoms with van der Waals surface area (Å²) >= 11 is 0. The summed E-state index contributed by atoms with van der Waals surface area (Å²) in [7, 11) is 3.09. The number of nitrogens with two attached hydrogens (primary N) is 1. The Morgan fingerprint density at radius 3 is 2.52 bits per heavy atom. The van der Waals surface area contributed by atoms with Gasteiger partial charge in [-0.05, 0) is 32.9 Å². The van der Waals surface area contributed by atoms with Crippen molar-refractivity contribution in [2.24, 2.45) is 0 Å². The molecule has 0 aliphatic heterocycles. The average molecular weight is 323 g/mol. The third-order valence-corrected chi connectivity index (χ3v) is 2.94. The van der Waals surface area contributed by atoms with E-state index < -0.39 is 11.7 Å². The molecule has 2 amide bonds. The van der Waals surface area contributed by atoms with E-state index in [1.54, 1.807) is 46.0 Å². The molecule has 0 spiro atoms. The summed E-state index contributed by atoms with van der Waals surface area (Å²) in [6, 6.07) is 5.13. The summed E-state index contributed by atoms with van der Waals surface area (Å²) in [6.45, 7) is 5.61. The smallest absolute Gasteiger partial charge is 0.410 e. The number of methoxy groups -OCH3 is 1. The van der Waals surface area contributed by atoms with Crippen molar-refractivity contribution >= 4 is 23.4 Å². The molecule has 0 fully saturated rings. The highest BCUT2D eigenvalue weighted by Gasteiger charge is 2.20. The zero-order valence-corrected chi connectivity index (χ0v) is 14.3. The zero-order valence-electron chi connectivity index (χ0n) is 14.3. The van der Waals surface area contributed by atoms with Crippen LogP contribution in [0.3, 0.4) is 0 Å². The number of amides is 2. The molecule has 0 aliphatic carbocycles. The molecule has 7 heteroatoms. The summed E-state index contributed by atoms with van der Waals surface area (Å²) in [5.41, 5.74) is 6.17. The van der Waals surface area contributed by atoms with E-state index in [2.05, 4.69) is 5.32 Å². The van der Waals surface area contributed by atoms with Crippen molar-refractivity contribution in [1.29, 1.82) is 0 Å². The van der Waals surface area contributed by atoms with E-state index in [0.29, 0.717) is 17.1 Å². The van der Waals surface area contributed by atoms with Crippen molar-refractivity contribution in [1.82, 2.24) is 4.90 Å². The summed E-state index contributed by atoms with van der Waals surface area (Å²) < 4.78 is 10.3. The number of ether oxygens (including phenoxy) is 2. The van der Waals surface area contributed by atoms with Gasteiger partial charge in [-0.25, -0.2) is 4.79 Å². The molecule has 0 saturated heterocycles. The highest BCUT2D eigenvalue weighted by atomic mass is 16.6. The van der Waals surface area contributed by atoms with Gasteiger partial charge in [-0.1, -0.05) is 6.07 Å². The van der Waals surface area contributed by atoms with Gasteiger partial charge in [0.2, 0.25) is 5.91 Å². The van der Waals surface area contributed by atoms with Crippen LogP contribution in [0.4, 0.5) is 16.2 Å². The quantitative estimate of drug-likeness (QED) is 0.812. The van der Waals surface area contributed by atoms with Crippen LogP contribution in [0.5, 0.6) is 5.75 Å². The van der Waals surface area contributed by atoms with Crippen molar-refractivity contribution in [3.05, 3.63) is 18.2 Å². The fourth-order valence-corrected chi connectivity index (χ4v) is 1.74. The fourth-order valence-electron chi connectivity index (χ4n) is 1.74. The Bertz CT molecular complexity index is 567. The third kappa shape index (κ3) is 6.06. The second-order valence-corrected chi connectivity index (χ2v) is 6.12. The van der Waals surface area contributed by atoms with Gasteiger partial charge in [-0.15, -0.1) is 0 Å². The van der Waals surface area contributed by atoms with Gasteiger partial charge in [0.15, 0.2) is 0 Å². The van der Waals surface area contributed by atoms with E-state index in [9.17, 15) is 9.59 Å². The highest BCUT2D eigenvalue weighted by Crippen LogP contribution is 2.28. The van der Waals surface area contributed by atoms with Crippen LogP contribution in [-0.2, 0) is 9.53 Å². The van der Waals surface area contributed by atoms with Crippen LogP contribution >= 0.6 is 0 Å². The topological polar surface area (TPSA) is 93.9 Å². The van der Waals surface area contributed by atoms with Gasteiger partial charge in [0.05, 0.1) is 18.5 Å². The van der Waals surface area contributed by atoms with E-state index in [1.807, 2.05) is 0 Å². The van der Waals surface area contributed by atoms with Crippen molar-refractivity contribution in [2.75, 3.05) is 31.8 Å². The summed E-state index contributed by atoms with van der Waals surface area (Å²) in [5, 5.41) is 2.70. The van der Waals surface area contributed by atoms with Gasteiger partial charge < -0.3 is 25.4 Å². The molecule has 0 atom stereocenters. The minimum absolute atomic E-state index is 0.131. The minimum Gasteiger partial charge on any atom is -0.495 e. The number of nitrogens with zero attached hydrogens (tertiary/aromatic N) is 1. The monoisotopic (exact) mass is 323 g/mol. The fraction of sp³-hybridized carbons (Fsp3) is 0.500. The molecule has 128 valence electrons. The molecule has 1 aromatic carbocycles. The molecule has 7 nitrogen and oxygen atoms in total. The van der Waals surface area contributed by atoms with Crippen LogP contribution in [0.25, 0.3) is 0 Å². The Balaban J connectivity index is 2.53. The first-order valence-electron chi connectivity index (χ1n) is 7.30. The Kier molecular flexibility index (Phi) is 6.24. The Labute approximate surface area is 136 Å². The first-order valence-corrected chi connectivity index (χ1v) is 7.30. The van der Waals surface area contributed by atoms with Crippen molar-refractivity contribution in [2.45, 2.75) is 32.8 Å². The Morgan fingerprint density at radius 2 is 1.96 bits per heavy atom. The number of hydrogen-bond acceptors (Lipinski definition) is 5. The highest BCUT2D eigenvalue weighted by molar-refractivity contribution is 5.95. The lowest BCUT2D eigenvalue weighted by Gasteiger charge is -2.24. The lowest BCUT2D eigenvalue weighted by Crippen LogP contribution is -2.35. The molecule has 1 rings (SSSR count). The van der Waals surface area contributed by atoms with Crippen LogP contribution in [0.2, 0.25) is 0 Å². The van der Waals surface area contributed by atoms with Crippen molar-refractivity contribution in [3.8, 4) is 5.75 Å². The van der Waals surface area contributed by atoms with E-state index in [-0.39, 0.29) is 18.9 Å². The minimum atomic E-state index is -0.567. The normalized spacial score (nSPS) is 10.8. The number of nitrogens with one attached hydrogen (secondary N) is 1. The number of rotatable bonds is 5. The van der Waals surface area contributed by atoms with Crippen molar-refractivity contribution < 1.29 is 19.1 Å². The molecule has 0 heterocycles. The number of nitrogen functional groups attached to an aromatic ring is 1. The first kappa shape index (κ1) is 18.6. The first-order chi connectivity index (χ1) is 10.6. The number of para-hydroxylation sites is 1. The maximum absolute atomic E-state index is 12.0. The predicted octanol–water partition coefficient (Wildman–Crippen LogP) is 2.47. The van der Waals surface area contributed by atoms with Crippen LogP contribution in [0.15, 0.2) is 18.2 Å². The zero-order chi connectivity index (χ0) is 17.6. The molecule has 23 heavy (non-hydrogen) atoms. The van der Waals surface area contributed by atoms with Crippen LogP contribution in [0, 0.1) is 0 Å². The summed E-state index contributed by atoms with van der Waals surface area (Å²) in [5.74, 6) is 0.244. The molecule has 0 aliphatic rings. The maximum atomic E-state index is 12.0. The van der Waals surface area contributed by atoms with Gasteiger partial charge in [0.1, 0.15) is 11.4 Å². The van der Waals surface area contributed by atoms with Crippen LogP contribution < -0.4 is 15.8 Å². The molecular weight excluding hydrogens is 298 g/mol. The number of hydrogen-bond donors (Lipinski definition) is 2. The second-order valence-electron chi connectivity index (χ2n) is 6.12. The molecule has 1 aromatic rings. The SMILES string of the molecule is COc1cccc(NC(=O)CCN(C)C(=O)OC(C)(C)C)c1N. The molecule has 0 radical (unpaired) electrons. The van der Waals surface area contributed by atoms with Gasteiger partial charge >= 0.3 is 6.09 Å².